The van der Waals surface area contributed by atoms with Crippen molar-refractivity contribution in [3.8, 4) is 0 Å². The molecule has 1 heterocycles. The normalized spacial score (nSPS) is 16.3. The molecule has 0 radical (unpaired) electrons. The van der Waals surface area contributed by atoms with E-state index in [9.17, 15) is 9.59 Å². The molecule has 2 rings (SSSR count). The van der Waals surface area contributed by atoms with E-state index in [4.69, 9.17) is 0 Å². The van der Waals surface area contributed by atoms with E-state index in [1.54, 1.807) is 0 Å². The van der Waals surface area contributed by atoms with Crippen LogP contribution >= 0.6 is 0 Å². The summed E-state index contributed by atoms with van der Waals surface area (Å²) in [6.45, 7) is 6.39. The van der Waals surface area contributed by atoms with Crippen molar-refractivity contribution in [2.24, 2.45) is 0 Å². The number of nitrogens with one attached hydrogen (secondary N) is 1. The van der Waals surface area contributed by atoms with E-state index >= 15 is 0 Å². The second-order valence-electron chi connectivity index (χ2n) is 5.24. The average molecular weight is 232 g/mol. The maximum Gasteiger partial charge on any atom is 0.255 e. The zero-order valence-corrected chi connectivity index (χ0v) is 10.3. The highest BCUT2D eigenvalue weighted by molar-refractivity contribution is 6.11. The fourth-order valence-electron chi connectivity index (χ4n) is 1.76. The lowest BCUT2D eigenvalue weighted by Gasteiger charge is -2.21. The van der Waals surface area contributed by atoms with Crippen LogP contribution in [0, 0.1) is 0 Å². The minimum absolute atomic E-state index is 0.0684. The summed E-state index contributed by atoms with van der Waals surface area (Å²) in [5.41, 5.74) is 4.50. The molecule has 0 saturated carbocycles. The summed E-state index contributed by atoms with van der Waals surface area (Å²) in [5, 5.41) is 1.30. The van der Waals surface area contributed by atoms with Crippen LogP contribution in [-0.2, 0) is 15.0 Å². The van der Waals surface area contributed by atoms with Crippen LogP contribution in [0.5, 0.6) is 0 Å². The molecule has 0 atom stereocenters. The van der Waals surface area contributed by atoms with Gasteiger partial charge in [0.05, 0.1) is 5.69 Å². The van der Waals surface area contributed by atoms with Crippen LogP contribution < -0.4 is 10.4 Å². The first kappa shape index (κ1) is 11.6. The largest absolute Gasteiger partial charge is 0.273 e. The Morgan fingerprint density at radius 2 is 1.71 bits per heavy atom. The Bertz CT molecular complexity index is 457. The molecule has 2 amide bonds. The molecule has 1 aliphatic rings. The topological polar surface area (TPSA) is 49.4 Å². The lowest BCUT2D eigenvalue weighted by molar-refractivity contribution is -0.122. The number of benzene rings is 1. The molecule has 0 unspecified atom stereocenters. The standard InChI is InChI=1S/C13H16N2O2/c1-13(2,3)9-4-6-10(7-5-9)15-12(17)8-11(16)14-15/h4-7H,8H2,1-3H3,(H,14,16). The van der Waals surface area contributed by atoms with Gasteiger partial charge in [0.1, 0.15) is 6.42 Å². The van der Waals surface area contributed by atoms with Gasteiger partial charge in [0.25, 0.3) is 5.91 Å². The predicted octanol–water partition coefficient (Wildman–Crippen LogP) is 1.75. The Labute approximate surface area is 101 Å². The van der Waals surface area contributed by atoms with Crippen LogP contribution in [0.2, 0.25) is 0 Å². The fraction of sp³-hybridized carbons (Fsp3) is 0.385. The third kappa shape index (κ3) is 2.30. The van der Waals surface area contributed by atoms with Gasteiger partial charge in [0.2, 0.25) is 5.91 Å². The Morgan fingerprint density at radius 1 is 1.12 bits per heavy atom. The molecule has 4 nitrogen and oxygen atoms in total. The first-order valence-electron chi connectivity index (χ1n) is 5.61. The number of nitrogens with zero attached hydrogens (tertiary/aromatic N) is 1. The lowest BCUT2D eigenvalue weighted by Crippen LogP contribution is -2.35. The Balaban J connectivity index is 2.24. The maximum atomic E-state index is 11.5. The first-order valence-corrected chi connectivity index (χ1v) is 5.61. The van der Waals surface area contributed by atoms with Gasteiger partial charge in [-0.15, -0.1) is 0 Å². The van der Waals surface area contributed by atoms with Crippen LogP contribution in [0.3, 0.4) is 0 Å². The van der Waals surface area contributed by atoms with Gasteiger partial charge in [-0.3, -0.25) is 15.0 Å². The summed E-state index contributed by atoms with van der Waals surface area (Å²) < 4.78 is 0. The zero-order valence-electron chi connectivity index (χ0n) is 10.3. The molecule has 17 heavy (non-hydrogen) atoms. The minimum atomic E-state index is -0.255. The van der Waals surface area contributed by atoms with Crippen molar-refractivity contribution in [2.45, 2.75) is 32.6 Å². The van der Waals surface area contributed by atoms with Gasteiger partial charge >= 0.3 is 0 Å². The number of carbonyl (C=O) groups excluding carboxylic acids is 2. The number of carbonyl (C=O) groups is 2. The molecule has 0 spiro atoms. The van der Waals surface area contributed by atoms with E-state index in [1.165, 1.54) is 10.6 Å². The molecule has 1 fully saturated rings. The third-order valence-electron chi connectivity index (χ3n) is 2.79. The van der Waals surface area contributed by atoms with E-state index < -0.39 is 0 Å². The minimum Gasteiger partial charge on any atom is -0.273 e. The zero-order chi connectivity index (χ0) is 12.6. The van der Waals surface area contributed by atoms with Crippen LogP contribution in [0.15, 0.2) is 24.3 Å². The van der Waals surface area contributed by atoms with E-state index in [0.717, 1.165) is 0 Å². The molecule has 1 saturated heterocycles. The molecule has 0 aromatic heterocycles. The molecule has 1 aliphatic heterocycles. The Kier molecular flexibility index (Phi) is 2.65. The molecule has 0 aliphatic carbocycles. The fourth-order valence-corrected chi connectivity index (χ4v) is 1.76. The number of hydrazine groups is 1. The van der Waals surface area contributed by atoms with Crippen LogP contribution in [-0.4, -0.2) is 11.8 Å². The van der Waals surface area contributed by atoms with Crippen LogP contribution in [0.1, 0.15) is 32.8 Å². The van der Waals surface area contributed by atoms with Crippen LogP contribution in [0.25, 0.3) is 0 Å². The summed E-state index contributed by atoms with van der Waals surface area (Å²) in [6.07, 6.45) is -0.0684. The third-order valence-corrected chi connectivity index (χ3v) is 2.79. The highest BCUT2D eigenvalue weighted by Crippen LogP contribution is 2.25. The van der Waals surface area contributed by atoms with Crippen molar-refractivity contribution in [3.05, 3.63) is 29.8 Å². The van der Waals surface area contributed by atoms with Gasteiger partial charge in [-0.1, -0.05) is 32.9 Å². The Hall–Kier alpha value is -1.84. The monoisotopic (exact) mass is 232 g/mol. The molecule has 0 bridgehead atoms. The smallest absolute Gasteiger partial charge is 0.255 e. The summed E-state index contributed by atoms with van der Waals surface area (Å²) >= 11 is 0. The van der Waals surface area contributed by atoms with Crippen molar-refractivity contribution in [1.29, 1.82) is 0 Å². The average Bonchev–Trinajstić information content (AvgIpc) is 2.57. The van der Waals surface area contributed by atoms with E-state index in [1.807, 2.05) is 24.3 Å². The highest BCUT2D eigenvalue weighted by atomic mass is 16.2. The number of rotatable bonds is 1. The number of hydrogen-bond acceptors (Lipinski definition) is 2. The molecule has 4 heteroatoms. The van der Waals surface area contributed by atoms with Gasteiger partial charge in [-0.05, 0) is 23.1 Å². The first-order chi connectivity index (χ1) is 7.88. The van der Waals surface area contributed by atoms with E-state index in [-0.39, 0.29) is 23.7 Å². The van der Waals surface area contributed by atoms with Crippen molar-refractivity contribution in [2.75, 3.05) is 5.01 Å². The summed E-state index contributed by atoms with van der Waals surface area (Å²) in [5.74, 6) is -0.464. The molecular formula is C13H16N2O2. The van der Waals surface area contributed by atoms with Crippen LogP contribution in [0.4, 0.5) is 5.69 Å². The second-order valence-corrected chi connectivity index (χ2v) is 5.24. The van der Waals surface area contributed by atoms with Crippen molar-refractivity contribution in [3.63, 3.8) is 0 Å². The van der Waals surface area contributed by atoms with E-state index in [2.05, 4.69) is 26.2 Å². The highest BCUT2D eigenvalue weighted by Gasteiger charge is 2.28. The summed E-state index contributed by atoms with van der Waals surface area (Å²) in [6, 6.07) is 7.66. The number of anilines is 1. The molecular weight excluding hydrogens is 216 g/mol. The maximum absolute atomic E-state index is 11.5. The molecule has 1 N–H and O–H groups in total. The van der Waals surface area contributed by atoms with E-state index in [0.29, 0.717) is 5.69 Å². The second kappa shape index (κ2) is 3.87. The number of hydrogen-bond donors (Lipinski definition) is 1. The van der Waals surface area contributed by atoms with Gasteiger partial charge in [-0.2, -0.15) is 0 Å². The quantitative estimate of drug-likeness (QED) is 0.750. The molecule has 1 aromatic carbocycles. The molecule has 90 valence electrons. The van der Waals surface area contributed by atoms with Gasteiger partial charge < -0.3 is 0 Å². The summed E-state index contributed by atoms with van der Waals surface area (Å²) in [4.78, 5) is 22.6. The van der Waals surface area contributed by atoms with Gasteiger partial charge in [0.15, 0.2) is 0 Å². The SMILES string of the molecule is CC(C)(C)c1ccc(N2NC(=O)CC2=O)cc1. The lowest BCUT2D eigenvalue weighted by atomic mass is 9.87. The van der Waals surface area contributed by atoms with Crippen molar-refractivity contribution < 1.29 is 9.59 Å². The van der Waals surface area contributed by atoms with Crippen molar-refractivity contribution >= 4 is 17.5 Å². The number of amides is 2. The predicted molar refractivity (Wildman–Crippen MR) is 65.4 cm³/mol. The molecule has 1 aromatic rings. The Morgan fingerprint density at radius 3 is 2.12 bits per heavy atom. The van der Waals surface area contributed by atoms with Gasteiger partial charge in [-0.25, -0.2) is 5.01 Å². The summed E-state index contributed by atoms with van der Waals surface area (Å²) in [7, 11) is 0. The van der Waals surface area contributed by atoms with Gasteiger partial charge in [0, 0.05) is 0 Å². The van der Waals surface area contributed by atoms with Crippen molar-refractivity contribution in [1.82, 2.24) is 5.43 Å².